The molecule has 0 bridgehead atoms. The minimum Gasteiger partial charge on any atom is -0.493 e. The maximum Gasteiger partial charge on any atom is 0.277 e. The number of hydrogen-bond acceptors (Lipinski definition) is 4. The van der Waals surface area contributed by atoms with E-state index in [9.17, 15) is 4.79 Å². The van der Waals surface area contributed by atoms with Crippen molar-refractivity contribution in [3.8, 4) is 11.5 Å². The van der Waals surface area contributed by atoms with E-state index in [0.29, 0.717) is 6.61 Å². The Bertz CT molecular complexity index is 1020. The number of amides is 1. The molecule has 0 aliphatic heterocycles. The number of benzene rings is 3. The Morgan fingerprint density at radius 1 is 0.967 bits per heavy atom. The van der Waals surface area contributed by atoms with Crippen molar-refractivity contribution in [1.82, 2.24) is 5.43 Å². The van der Waals surface area contributed by atoms with Gasteiger partial charge in [0.15, 0.2) is 6.61 Å². The van der Waals surface area contributed by atoms with Crippen LogP contribution in [-0.2, 0) is 4.79 Å². The number of para-hydroxylation sites is 1. The fourth-order valence-electron chi connectivity index (χ4n) is 3.23. The van der Waals surface area contributed by atoms with Crippen LogP contribution in [0.3, 0.4) is 0 Å². The van der Waals surface area contributed by atoms with Crippen molar-refractivity contribution in [2.75, 3.05) is 13.2 Å². The molecule has 0 saturated carbocycles. The van der Waals surface area contributed by atoms with Crippen LogP contribution in [0, 0.1) is 13.8 Å². The number of nitrogens with one attached hydrogen (secondary N) is 1. The summed E-state index contributed by atoms with van der Waals surface area (Å²) in [4.78, 5) is 12.1. The largest absolute Gasteiger partial charge is 0.493 e. The summed E-state index contributed by atoms with van der Waals surface area (Å²) in [7, 11) is 0. The van der Waals surface area contributed by atoms with Crippen molar-refractivity contribution >= 4 is 22.9 Å². The second kappa shape index (κ2) is 10.4. The third kappa shape index (κ3) is 5.38. The van der Waals surface area contributed by atoms with Crippen molar-refractivity contribution in [3.63, 3.8) is 0 Å². The van der Waals surface area contributed by atoms with Gasteiger partial charge in [0, 0.05) is 10.9 Å². The predicted molar refractivity (Wildman–Crippen MR) is 121 cm³/mol. The molecular weight excluding hydrogens is 376 g/mol. The third-order valence-electron chi connectivity index (χ3n) is 4.82. The molecule has 0 unspecified atom stereocenters. The van der Waals surface area contributed by atoms with Crippen molar-refractivity contribution in [2.24, 2.45) is 5.10 Å². The number of carbonyl (C=O) groups is 1. The molecule has 1 N–H and O–H groups in total. The highest BCUT2D eigenvalue weighted by Crippen LogP contribution is 2.28. The maximum atomic E-state index is 12.1. The van der Waals surface area contributed by atoms with Crippen molar-refractivity contribution < 1.29 is 14.3 Å². The van der Waals surface area contributed by atoms with E-state index in [1.165, 1.54) is 0 Å². The Morgan fingerprint density at radius 3 is 2.43 bits per heavy atom. The highest BCUT2D eigenvalue weighted by Gasteiger charge is 2.08. The van der Waals surface area contributed by atoms with Crippen LogP contribution in [0.4, 0.5) is 0 Å². The zero-order valence-electron chi connectivity index (χ0n) is 17.8. The molecule has 0 aliphatic carbocycles. The molecule has 5 nitrogen and oxygen atoms in total. The lowest BCUT2D eigenvalue weighted by molar-refractivity contribution is -0.123. The van der Waals surface area contributed by atoms with E-state index < -0.39 is 0 Å². The summed E-state index contributed by atoms with van der Waals surface area (Å²) in [6, 6.07) is 17.8. The number of hydrazone groups is 1. The SMILES string of the molecule is CCCCOc1ccc(/C=N\NC(=O)COc2c(C)cccc2C)c2ccccc12. The van der Waals surface area contributed by atoms with Crippen molar-refractivity contribution in [2.45, 2.75) is 33.6 Å². The molecule has 3 aromatic carbocycles. The molecule has 0 aromatic heterocycles. The van der Waals surface area contributed by atoms with E-state index in [2.05, 4.69) is 17.5 Å². The Morgan fingerprint density at radius 2 is 1.70 bits per heavy atom. The summed E-state index contributed by atoms with van der Waals surface area (Å²) in [5.74, 6) is 1.29. The first-order chi connectivity index (χ1) is 14.6. The molecule has 3 aromatic rings. The molecule has 0 radical (unpaired) electrons. The number of nitrogens with zero attached hydrogens (tertiary/aromatic N) is 1. The fraction of sp³-hybridized carbons (Fsp3) is 0.280. The Labute approximate surface area is 177 Å². The van der Waals surface area contributed by atoms with Gasteiger partial charge in [0.2, 0.25) is 0 Å². The fourth-order valence-corrected chi connectivity index (χ4v) is 3.23. The average Bonchev–Trinajstić information content (AvgIpc) is 2.74. The molecule has 0 saturated heterocycles. The Hall–Kier alpha value is -3.34. The standard InChI is InChI=1S/C25H28N2O3/c1-4-5-15-29-23-14-13-20(21-11-6-7-12-22(21)23)16-26-27-24(28)17-30-25-18(2)9-8-10-19(25)3/h6-14,16H,4-5,15,17H2,1-3H3,(H,27,28)/b26-16-. The first-order valence-electron chi connectivity index (χ1n) is 10.3. The Kier molecular flexibility index (Phi) is 7.44. The van der Waals surface area contributed by atoms with E-state index in [-0.39, 0.29) is 12.5 Å². The second-order valence-electron chi connectivity index (χ2n) is 7.20. The average molecular weight is 405 g/mol. The predicted octanol–water partition coefficient (Wildman–Crippen LogP) is 5.16. The topological polar surface area (TPSA) is 59.9 Å². The van der Waals surface area contributed by atoms with Crippen LogP contribution in [0.25, 0.3) is 10.8 Å². The first-order valence-corrected chi connectivity index (χ1v) is 10.3. The molecule has 0 aliphatic rings. The molecule has 0 heterocycles. The van der Waals surface area contributed by atoms with E-state index in [4.69, 9.17) is 9.47 Å². The molecule has 3 rings (SSSR count). The van der Waals surface area contributed by atoms with E-state index >= 15 is 0 Å². The molecule has 1 amide bonds. The molecule has 156 valence electrons. The quantitative estimate of drug-likeness (QED) is 0.304. The lowest BCUT2D eigenvalue weighted by Crippen LogP contribution is -2.25. The number of aryl methyl sites for hydroxylation is 2. The monoisotopic (exact) mass is 404 g/mol. The lowest BCUT2D eigenvalue weighted by Gasteiger charge is -2.11. The van der Waals surface area contributed by atoms with Gasteiger partial charge in [-0.15, -0.1) is 0 Å². The van der Waals surface area contributed by atoms with Crippen LogP contribution < -0.4 is 14.9 Å². The number of hydrogen-bond donors (Lipinski definition) is 1. The van der Waals surface area contributed by atoms with E-state index in [1.807, 2.05) is 68.4 Å². The minimum atomic E-state index is -0.308. The van der Waals surface area contributed by atoms with Gasteiger partial charge in [-0.25, -0.2) is 5.43 Å². The van der Waals surface area contributed by atoms with Crippen molar-refractivity contribution in [1.29, 1.82) is 0 Å². The van der Waals surface area contributed by atoms with Gasteiger partial charge < -0.3 is 9.47 Å². The zero-order valence-corrected chi connectivity index (χ0v) is 17.8. The van der Waals surface area contributed by atoms with Crippen molar-refractivity contribution in [3.05, 3.63) is 71.3 Å². The van der Waals surface area contributed by atoms with Gasteiger partial charge in [0.25, 0.3) is 5.91 Å². The second-order valence-corrected chi connectivity index (χ2v) is 7.20. The highest BCUT2D eigenvalue weighted by molar-refractivity contribution is 6.02. The summed E-state index contributed by atoms with van der Waals surface area (Å²) in [5, 5.41) is 6.16. The van der Waals surface area contributed by atoms with E-state index in [1.54, 1.807) is 6.21 Å². The van der Waals surface area contributed by atoms with Crippen LogP contribution in [0.15, 0.2) is 59.7 Å². The number of unbranched alkanes of at least 4 members (excludes halogenated alkanes) is 1. The van der Waals surface area contributed by atoms with Gasteiger partial charge in [0.1, 0.15) is 11.5 Å². The first kappa shape index (κ1) is 21.4. The molecule has 30 heavy (non-hydrogen) atoms. The maximum absolute atomic E-state index is 12.1. The summed E-state index contributed by atoms with van der Waals surface area (Å²) in [6.07, 6.45) is 3.76. The van der Waals surface area contributed by atoms with Crippen LogP contribution in [0.2, 0.25) is 0 Å². The van der Waals surface area contributed by atoms with Gasteiger partial charge >= 0.3 is 0 Å². The number of carbonyl (C=O) groups excluding carboxylic acids is 1. The number of ether oxygens (including phenoxy) is 2. The molecule has 0 atom stereocenters. The minimum absolute atomic E-state index is 0.0893. The van der Waals surface area contributed by atoms with Crippen LogP contribution in [0.5, 0.6) is 11.5 Å². The number of rotatable bonds is 9. The Balaban J connectivity index is 1.64. The molecule has 0 spiro atoms. The van der Waals surface area contributed by atoms with Gasteiger partial charge in [0.05, 0.1) is 12.8 Å². The molecule has 5 heteroatoms. The van der Waals surface area contributed by atoms with Gasteiger partial charge in [-0.3, -0.25) is 4.79 Å². The smallest absolute Gasteiger partial charge is 0.277 e. The van der Waals surface area contributed by atoms with Crippen LogP contribution in [0.1, 0.15) is 36.5 Å². The molecular formula is C25H28N2O3. The van der Waals surface area contributed by atoms with Crippen LogP contribution in [-0.4, -0.2) is 25.3 Å². The normalized spacial score (nSPS) is 11.0. The summed E-state index contributed by atoms with van der Waals surface area (Å²) >= 11 is 0. The van der Waals surface area contributed by atoms with Gasteiger partial charge in [-0.05, 0) is 48.9 Å². The summed E-state index contributed by atoms with van der Waals surface area (Å²) in [5.41, 5.74) is 5.44. The zero-order chi connectivity index (χ0) is 21.3. The number of fused-ring (bicyclic) bond motifs is 1. The lowest BCUT2D eigenvalue weighted by atomic mass is 10.0. The third-order valence-corrected chi connectivity index (χ3v) is 4.82. The summed E-state index contributed by atoms with van der Waals surface area (Å²) < 4.78 is 11.6. The molecule has 0 fully saturated rings. The highest BCUT2D eigenvalue weighted by atomic mass is 16.5. The van der Waals surface area contributed by atoms with E-state index in [0.717, 1.165) is 51.8 Å². The summed E-state index contributed by atoms with van der Waals surface area (Å²) in [6.45, 7) is 6.67. The van der Waals surface area contributed by atoms with Gasteiger partial charge in [-0.2, -0.15) is 5.10 Å². The van der Waals surface area contributed by atoms with Gasteiger partial charge in [-0.1, -0.05) is 55.8 Å². The van der Waals surface area contributed by atoms with Crippen LogP contribution >= 0.6 is 0 Å².